The van der Waals surface area contributed by atoms with Gasteiger partial charge in [0, 0.05) is 12.0 Å². The number of para-hydroxylation sites is 1. The SMILES string of the molecule is CCOC(=O)C(=O)NCC1Cc2cc(Oc3ccccc3)ccc2O1. The number of rotatable bonds is 5. The monoisotopic (exact) mass is 341 g/mol. The third kappa shape index (κ3) is 4.29. The van der Waals surface area contributed by atoms with Gasteiger partial charge in [-0.25, -0.2) is 4.79 Å². The van der Waals surface area contributed by atoms with E-state index in [4.69, 9.17) is 9.47 Å². The van der Waals surface area contributed by atoms with Crippen molar-refractivity contribution in [2.24, 2.45) is 0 Å². The summed E-state index contributed by atoms with van der Waals surface area (Å²) in [6.07, 6.45) is 0.407. The maximum absolute atomic E-state index is 11.6. The highest BCUT2D eigenvalue weighted by molar-refractivity contribution is 6.32. The molecule has 0 aliphatic carbocycles. The summed E-state index contributed by atoms with van der Waals surface area (Å²) in [4.78, 5) is 22.9. The van der Waals surface area contributed by atoms with Crippen molar-refractivity contribution in [1.82, 2.24) is 5.32 Å². The Morgan fingerprint density at radius 2 is 1.96 bits per heavy atom. The molecule has 1 atom stereocenters. The largest absolute Gasteiger partial charge is 0.488 e. The zero-order chi connectivity index (χ0) is 17.6. The van der Waals surface area contributed by atoms with E-state index in [-0.39, 0.29) is 19.3 Å². The van der Waals surface area contributed by atoms with Gasteiger partial charge in [-0.05, 0) is 37.3 Å². The molecule has 1 N–H and O–H groups in total. The smallest absolute Gasteiger partial charge is 0.396 e. The first-order chi connectivity index (χ1) is 12.2. The number of carbonyl (C=O) groups is 2. The summed E-state index contributed by atoms with van der Waals surface area (Å²) >= 11 is 0. The first-order valence-electron chi connectivity index (χ1n) is 8.13. The summed E-state index contributed by atoms with van der Waals surface area (Å²) in [6, 6.07) is 15.1. The van der Waals surface area contributed by atoms with Gasteiger partial charge in [0.25, 0.3) is 0 Å². The molecule has 0 spiro atoms. The Kier molecular flexibility index (Phi) is 5.18. The van der Waals surface area contributed by atoms with Crippen molar-refractivity contribution < 1.29 is 23.8 Å². The second-order valence-corrected chi connectivity index (χ2v) is 5.56. The molecule has 1 heterocycles. The van der Waals surface area contributed by atoms with E-state index in [1.165, 1.54) is 0 Å². The molecule has 6 heteroatoms. The van der Waals surface area contributed by atoms with Crippen molar-refractivity contribution in [1.29, 1.82) is 0 Å². The van der Waals surface area contributed by atoms with Gasteiger partial charge in [0.1, 0.15) is 23.4 Å². The van der Waals surface area contributed by atoms with Gasteiger partial charge in [-0.15, -0.1) is 0 Å². The van der Waals surface area contributed by atoms with Crippen LogP contribution in [-0.2, 0) is 20.7 Å². The van der Waals surface area contributed by atoms with E-state index in [0.29, 0.717) is 6.42 Å². The van der Waals surface area contributed by atoms with Crippen LogP contribution in [0.1, 0.15) is 12.5 Å². The Labute approximate surface area is 145 Å². The molecule has 1 aliphatic rings. The number of nitrogens with one attached hydrogen (secondary N) is 1. The van der Waals surface area contributed by atoms with Crippen LogP contribution in [0.25, 0.3) is 0 Å². The van der Waals surface area contributed by atoms with Crippen molar-refractivity contribution in [3.05, 3.63) is 54.1 Å². The number of fused-ring (bicyclic) bond motifs is 1. The lowest BCUT2D eigenvalue weighted by Gasteiger charge is -2.11. The molecule has 130 valence electrons. The zero-order valence-corrected chi connectivity index (χ0v) is 13.9. The third-order valence-corrected chi connectivity index (χ3v) is 3.70. The van der Waals surface area contributed by atoms with Crippen molar-refractivity contribution in [2.75, 3.05) is 13.2 Å². The second kappa shape index (κ2) is 7.70. The molecule has 1 aliphatic heterocycles. The Bertz CT molecular complexity index is 760. The van der Waals surface area contributed by atoms with Crippen molar-refractivity contribution >= 4 is 11.9 Å². The van der Waals surface area contributed by atoms with E-state index in [1.54, 1.807) is 6.92 Å². The predicted molar refractivity (Wildman–Crippen MR) is 90.7 cm³/mol. The first-order valence-corrected chi connectivity index (χ1v) is 8.13. The van der Waals surface area contributed by atoms with Crippen molar-refractivity contribution in [3.63, 3.8) is 0 Å². The fourth-order valence-electron chi connectivity index (χ4n) is 2.57. The molecule has 2 aromatic carbocycles. The average molecular weight is 341 g/mol. The minimum atomic E-state index is -0.878. The minimum absolute atomic E-state index is 0.168. The number of carbonyl (C=O) groups excluding carboxylic acids is 2. The number of hydrogen-bond donors (Lipinski definition) is 1. The summed E-state index contributed by atoms with van der Waals surface area (Å²) in [7, 11) is 0. The molecule has 2 aromatic rings. The molecule has 25 heavy (non-hydrogen) atoms. The molecule has 1 unspecified atom stereocenters. The van der Waals surface area contributed by atoms with E-state index in [2.05, 4.69) is 10.1 Å². The van der Waals surface area contributed by atoms with Gasteiger partial charge in [0.05, 0.1) is 13.2 Å². The van der Waals surface area contributed by atoms with Crippen LogP contribution in [0.2, 0.25) is 0 Å². The first kappa shape index (κ1) is 16.8. The normalized spacial score (nSPS) is 15.0. The predicted octanol–water partition coefficient (Wildman–Crippen LogP) is 2.46. The standard InChI is InChI=1S/C19H19NO5/c1-2-23-19(22)18(21)20-12-16-11-13-10-15(8-9-17(13)25-16)24-14-6-4-3-5-7-14/h3-10,16H,2,11-12H2,1H3,(H,20,21). The molecular weight excluding hydrogens is 322 g/mol. The quantitative estimate of drug-likeness (QED) is 0.668. The highest BCUT2D eigenvalue weighted by Gasteiger charge is 2.25. The van der Waals surface area contributed by atoms with E-state index in [0.717, 1.165) is 22.8 Å². The van der Waals surface area contributed by atoms with Gasteiger partial charge in [-0.2, -0.15) is 0 Å². The van der Waals surface area contributed by atoms with Crippen LogP contribution in [-0.4, -0.2) is 31.1 Å². The Hall–Kier alpha value is -3.02. The van der Waals surface area contributed by atoms with E-state index >= 15 is 0 Å². The number of ether oxygens (including phenoxy) is 3. The molecule has 3 rings (SSSR count). The minimum Gasteiger partial charge on any atom is -0.488 e. The number of amides is 1. The molecule has 0 aromatic heterocycles. The summed E-state index contributed by atoms with van der Waals surface area (Å²) < 4.78 is 16.2. The number of benzene rings is 2. The van der Waals surface area contributed by atoms with Crippen LogP contribution in [0.15, 0.2) is 48.5 Å². The van der Waals surface area contributed by atoms with Crippen molar-refractivity contribution in [3.8, 4) is 17.2 Å². The summed E-state index contributed by atoms with van der Waals surface area (Å²) in [5, 5.41) is 2.53. The summed E-state index contributed by atoms with van der Waals surface area (Å²) in [5.41, 5.74) is 1.00. The molecule has 0 saturated heterocycles. The topological polar surface area (TPSA) is 73.9 Å². The molecule has 1 amide bonds. The van der Waals surface area contributed by atoms with E-state index in [9.17, 15) is 9.59 Å². The van der Waals surface area contributed by atoms with Crippen LogP contribution in [0.3, 0.4) is 0 Å². The van der Waals surface area contributed by atoms with Gasteiger partial charge >= 0.3 is 11.9 Å². The van der Waals surface area contributed by atoms with Crippen LogP contribution < -0.4 is 14.8 Å². The lowest BCUT2D eigenvalue weighted by Crippen LogP contribution is -2.39. The molecule has 0 fully saturated rings. The van der Waals surface area contributed by atoms with Crippen LogP contribution >= 0.6 is 0 Å². The van der Waals surface area contributed by atoms with Crippen molar-refractivity contribution in [2.45, 2.75) is 19.4 Å². The van der Waals surface area contributed by atoms with Gasteiger partial charge in [-0.1, -0.05) is 18.2 Å². The van der Waals surface area contributed by atoms with Gasteiger partial charge in [0.15, 0.2) is 0 Å². The zero-order valence-electron chi connectivity index (χ0n) is 13.9. The van der Waals surface area contributed by atoms with E-state index < -0.39 is 11.9 Å². The average Bonchev–Trinajstić information content (AvgIpc) is 3.03. The highest BCUT2D eigenvalue weighted by Crippen LogP contribution is 2.33. The highest BCUT2D eigenvalue weighted by atomic mass is 16.5. The third-order valence-electron chi connectivity index (χ3n) is 3.70. The fraction of sp³-hybridized carbons (Fsp3) is 0.263. The van der Waals surface area contributed by atoms with Crippen LogP contribution in [0.5, 0.6) is 17.2 Å². The maximum atomic E-state index is 11.6. The Morgan fingerprint density at radius 1 is 1.16 bits per heavy atom. The fourth-order valence-corrected chi connectivity index (χ4v) is 2.57. The summed E-state index contributed by atoms with van der Waals surface area (Å²) in [6.45, 7) is 2.06. The lowest BCUT2D eigenvalue weighted by molar-refractivity contribution is -0.154. The van der Waals surface area contributed by atoms with Crippen LogP contribution in [0.4, 0.5) is 0 Å². The van der Waals surface area contributed by atoms with Gasteiger partial charge < -0.3 is 19.5 Å². The summed E-state index contributed by atoms with van der Waals surface area (Å²) in [5.74, 6) is 0.617. The Morgan fingerprint density at radius 3 is 2.72 bits per heavy atom. The van der Waals surface area contributed by atoms with Gasteiger partial charge in [-0.3, -0.25) is 4.79 Å². The molecule has 0 bridgehead atoms. The van der Waals surface area contributed by atoms with Crippen LogP contribution in [0, 0.1) is 0 Å². The Balaban J connectivity index is 1.56. The second-order valence-electron chi connectivity index (χ2n) is 5.56. The molecule has 0 saturated carbocycles. The number of esters is 1. The molecule has 6 nitrogen and oxygen atoms in total. The maximum Gasteiger partial charge on any atom is 0.396 e. The molecular formula is C19H19NO5. The number of hydrogen-bond acceptors (Lipinski definition) is 5. The molecule has 0 radical (unpaired) electrons. The lowest BCUT2D eigenvalue weighted by atomic mass is 10.1. The van der Waals surface area contributed by atoms with E-state index in [1.807, 2.05) is 48.5 Å². The van der Waals surface area contributed by atoms with Gasteiger partial charge in [0.2, 0.25) is 0 Å².